The van der Waals surface area contributed by atoms with Gasteiger partial charge in [-0.2, -0.15) is 0 Å². The molecule has 1 N–H and O–H groups in total. The number of ether oxygens (including phenoxy) is 1. The summed E-state index contributed by atoms with van der Waals surface area (Å²) in [6.45, 7) is 3.35. The Bertz CT molecular complexity index is 401. The van der Waals surface area contributed by atoms with Crippen molar-refractivity contribution in [2.75, 3.05) is 6.61 Å². The van der Waals surface area contributed by atoms with Gasteiger partial charge in [0.05, 0.1) is 11.8 Å². The molecule has 17 heavy (non-hydrogen) atoms. The zero-order chi connectivity index (χ0) is 12.6. The highest BCUT2D eigenvalue weighted by Gasteiger charge is 2.52. The third-order valence-electron chi connectivity index (χ3n) is 3.39. The second-order valence-corrected chi connectivity index (χ2v) is 5.00. The first-order valence-corrected chi connectivity index (χ1v) is 5.79. The number of aliphatic carboxylic acids is 1. The molecule has 2 aliphatic carbocycles. The molecule has 0 heterocycles. The Morgan fingerprint density at radius 1 is 1.35 bits per heavy atom. The van der Waals surface area contributed by atoms with E-state index in [2.05, 4.69) is 6.58 Å². The van der Waals surface area contributed by atoms with Gasteiger partial charge in [0.1, 0.15) is 6.61 Å². The minimum atomic E-state index is -0.937. The second-order valence-electron chi connectivity index (χ2n) is 4.46. The molecule has 1 saturated carbocycles. The van der Waals surface area contributed by atoms with E-state index in [1.165, 1.54) is 0 Å². The third-order valence-corrected chi connectivity index (χ3v) is 3.50. The van der Waals surface area contributed by atoms with Gasteiger partial charge in [-0.25, -0.2) is 0 Å². The van der Waals surface area contributed by atoms with Gasteiger partial charge in [-0.3, -0.25) is 9.59 Å². The van der Waals surface area contributed by atoms with Crippen molar-refractivity contribution in [1.82, 2.24) is 0 Å². The Kier molecular flexibility index (Phi) is 3.24. The summed E-state index contributed by atoms with van der Waals surface area (Å²) < 4.78 is 4.95. The lowest BCUT2D eigenvalue weighted by Crippen LogP contribution is -2.34. The summed E-state index contributed by atoms with van der Waals surface area (Å²) in [6.07, 6.45) is 4.51. The van der Waals surface area contributed by atoms with E-state index in [4.69, 9.17) is 21.4 Å². The van der Waals surface area contributed by atoms with Gasteiger partial charge in [0.15, 0.2) is 0 Å². The van der Waals surface area contributed by atoms with E-state index in [-0.39, 0.29) is 23.5 Å². The Balaban J connectivity index is 2.08. The Morgan fingerprint density at radius 3 is 2.47 bits per heavy atom. The molecule has 0 saturated heterocycles. The smallest absolute Gasteiger partial charge is 0.310 e. The van der Waals surface area contributed by atoms with Crippen LogP contribution in [0.25, 0.3) is 0 Å². The number of carboxylic acid groups (broad SMARTS) is 1. The molecule has 0 unspecified atom stereocenters. The van der Waals surface area contributed by atoms with Crippen molar-refractivity contribution in [1.29, 1.82) is 0 Å². The number of fused-ring (bicyclic) bond motifs is 2. The van der Waals surface area contributed by atoms with Crippen LogP contribution in [0.5, 0.6) is 0 Å². The van der Waals surface area contributed by atoms with Crippen LogP contribution in [0.1, 0.15) is 6.42 Å². The van der Waals surface area contributed by atoms with Gasteiger partial charge in [-0.1, -0.05) is 30.3 Å². The van der Waals surface area contributed by atoms with Gasteiger partial charge in [0.25, 0.3) is 0 Å². The van der Waals surface area contributed by atoms with Crippen molar-refractivity contribution >= 4 is 23.5 Å². The predicted molar refractivity (Wildman–Crippen MR) is 61.3 cm³/mol. The highest BCUT2D eigenvalue weighted by molar-refractivity contribution is 6.29. The predicted octanol–water partition coefficient (Wildman–Crippen LogP) is 1.80. The van der Waals surface area contributed by atoms with Crippen molar-refractivity contribution < 1.29 is 19.4 Å². The van der Waals surface area contributed by atoms with E-state index >= 15 is 0 Å². The highest BCUT2D eigenvalue weighted by Crippen LogP contribution is 2.48. The fraction of sp³-hybridized carbons (Fsp3) is 0.500. The van der Waals surface area contributed by atoms with Crippen LogP contribution in [0.4, 0.5) is 0 Å². The number of allylic oxidation sites excluding steroid dienone is 2. The zero-order valence-corrected chi connectivity index (χ0v) is 9.89. The number of carbonyl (C=O) groups is 2. The van der Waals surface area contributed by atoms with E-state index in [1.54, 1.807) is 0 Å². The van der Waals surface area contributed by atoms with Crippen LogP contribution >= 0.6 is 11.6 Å². The summed E-state index contributed by atoms with van der Waals surface area (Å²) in [5, 5.41) is 9.37. The average Bonchev–Trinajstić information content (AvgIpc) is 2.84. The van der Waals surface area contributed by atoms with Crippen LogP contribution in [0.3, 0.4) is 0 Å². The summed E-state index contributed by atoms with van der Waals surface area (Å²) in [5.41, 5.74) is 0. The molecule has 1 fully saturated rings. The minimum Gasteiger partial charge on any atom is -0.481 e. The van der Waals surface area contributed by atoms with Crippen LogP contribution in [0.15, 0.2) is 23.8 Å². The molecule has 0 aromatic rings. The molecule has 0 aromatic carbocycles. The van der Waals surface area contributed by atoms with E-state index in [9.17, 15) is 9.59 Å². The number of halogens is 1. The topological polar surface area (TPSA) is 63.6 Å². The second kappa shape index (κ2) is 4.53. The zero-order valence-electron chi connectivity index (χ0n) is 9.14. The fourth-order valence-electron chi connectivity index (χ4n) is 2.73. The van der Waals surface area contributed by atoms with Crippen molar-refractivity contribution in [2.24, 2.45) is 23.7 Å². The van der Waals surface area contributed by atoms with Crippen LogP contribution < -0.4 is 0 Å². The number of rotatable bonds is 4. The molecule has 0 radical (unpaired) electrons. The standard InChI is InChI=1S/C12H13ClO4/c1-6(13)5-17-12(16)10-8-3-2-7(4-8)9(10)11(14)15/h2-3,7-10H,1,4-5H2,(H,14,15)/t7-,8-,9-,10+/m0/s1. The van der Waals surface area contributed by atoms with Gasteiger partial charge in [0, 0.05) is 5.03 Å². The monoisotopic (exact) mass is 256 g/mol. The van der Waals surface area contributed by atoms with Gasteiger partial charge < -0.3 is 9.84 Å². The number of carboxylic acids is 1. The van der Waals surface area contributed by atoms with Crippen molar-refractivity contribution in [3.05, 3.63) is 23.8 Å². The number of carbonyl (C=O) groups excluding carboxylic acids is 1. The quantitative estimate of drug-likeness (QED) is 0.615. The first kappa shape index (κ1) is 12.2. The van der Waals surface area contributed by atoms with E-state index in [0.29, 0.717) is 0 Å². The number of hydrogen-bond acceptors (Lipinski definition) is 3. The lowest BCUT2D eigenvalue weighted by atomic mass is 9.83. The summed E-state index contributed by atoms with van der Waals surface area (Å²) in [5.74, 6) is -2.74. The normalized spacial score (nSPS) is 33.7. The molecule has 0 aromatic heterocycles. The Hall–Kier alpha value is -1.29. The largest absolute Gasteiger partial charge is 0.481 e. The van der Waals surface area contributed by atoms with Gasteiger partial charge >= 0.3 is 11.9 Å². The molecular weight excluding hydrogens is 244 g/mol. The molecule has 2 aliphatic rings. The van der Waals surface area contributed by atoms with E-state index in [1.807, 2.05) is 12.2 Å². The lowest BCUT2D eigenvalue weighted by molar-refractivity contribution is -0.157. The molecule has 2 rings (SSSR count). The maximum Gasteiger partial charge on any atom is 0.310 e. The van der Waals surface area contributed by atoms with Gasteiger partial charge in [-0.05, 0) is 18.3 Å². The number of esters is 1. The molecule has 4 atom stereocenters. The van der Waals surface area contributed by atoms with E-state index in [0.717, 1.165) is 6.42 Å². The van der Waals surface area contributed by atoms with Gasteiger partial charge in [0.2, 0.25) is 0 Å². The van der Waals surface area contributed by atoms with Crippen molar-refractivity contribution in [3.8, 4) is 0 Å². The average molecular weight is 257 g/mol. The van der Waals surface area contributed by atoms with Crippen LogP contribution in [0.2, 0.25) is 0 Å². The maximum atomic E-state index is 11.8. The summed E-state index contributed by atoms with van der Waals surface area (Å²) in [4.78, 5) is 23.0. The fourth-order valence-corrected chi connectivity index (χ4v) is 2.78. The van der Waals surface area contributed by atoms with Crippen LogP contribution in [-0.2, 0) is 14.3 Å². The summed E-state index contributed by atoms with van der Waals surface area (Å²) >= 11 is 5.50. The Morgan fingerprint density at radius 2 is 1.94 bits per heavy atom. The van der Waals surface area contributed by atoms with Crippen LogP contribution in [-0.4, -0.2) is 23.7 Å². The maximum absolute atomic E-state index is 11.8. The van der Waals surface area contributed by atoms with Crippen molar-refractivity contribution in [3.63, 3.8) is 0 Å². The summed E-state index contributed by atoms with van der Waals surface area (Å²) in [7, 11) is 0. The first-order chi connectivity index (χ1) is 8.00. The highest BCUT2D eigenvalue weighted by atomic mass is 35.5. The molecule has 0 amide bonds. The van der Waals surface area contributed by atoms with E-state index < -0.39 is 23.8 Å². The van der Waals surface area contributed by atoms with Crippen molar-refractivity contribution in [2.45, 2.75) is 6.42 Å². The third kappa shape index (κ3) is 2.22. The molecule has 0 spiro atoms. The summed E-state index contributed by atoms with van der Waals surface area (Å²) in [6, 6.07) is 0. The molecule has 0 aliphatic heterocycles. The first-order valence-electron chi connectivity index (χ1n) is 5.41. The molecule has 92 valence electrons. The molecule has 4 nitrogen and oxygen atoms in total. The SMILES string of the molecule is C=C(Cl)COC(=O)[C@H]1[C@@H](C(=O)O)[C@H]2C=C[C@H]1C2. The molecule has 5 heteroatoms. The Labute approximate surface area is 104 Å². The number of hydrogen-bond donors (Lipinski definition) is 1. The lowest BCUT2D eigenvalue weighted by Gasteiger charge is -2.22. The van der Waals surface area contributed by atoms with Crippen LogP contribution in [0, 0.1) is 23.7 Å². The molecule has 2 bridgehead atoms. The molecular formula is C12H13ClO4. The minimum absolute atomic E-state index is 0.0165. The van der Waals surface area contributed by atoms with Gasteiger partial charge in [-0.15, -0.1) is 0 Å².